The molecule has 2 heterocycles. The average Bonchev–Trinajstić information content (AvgIpc) is 3.03. The molecule has 2 aliphatic rings. The number of amides is 2. The summed E-state index contributed by atoms with van der Waals surface area (Å²) in [5, 5.41) is 0.544. The Morgan fingerprint density at radius 3 is 2.45 bits per heavy atom. The van der Waals surface area contributed by atoms with E-state index in [1.165, 1.54) is 12.1 Å². The monoisotopic (exact) mass is 275 g/mol. The number of rotatable bonds is 3. The molecule has 0 radical (unpaired) electrons. The Kier molecular flexibility index (Phi) is 3.23. The summed E-state index contributed by atoms with van der Waals surface area (Å²) in [4.78, 5) is 40.7. The van der Waals surface area contributed by atoms with Crippen molar-refractivity contribution in [1.29, 1.82) is 0 Å². The van der Waals surface area contributed by atoms with Gasteiger partial charge >= 0.3 is 5.97 Å². The highest BCUT2D eigenvalue weighted by molar-refractivity contribution is 6.20. The number of benzene rings is 1. The Bertz CT molecular complexity index is 542. The number of hydrogen-bond donors (Lipinski definition) is 0. The molecule has 0 spiro atoms. The largest absolute Gasteiger partial charge is 0.381 e. The van der Waals surface area contributed by atoms with Crippen LogP contribution in [-0.4, -0.2) is 36.1 Å². The van der Waals surface area contributed by atoms with E-state index < -0.39 is 17.8 Å². The van der Waals surface area contributed by atoms with Crippen molar-refractivity contribution in [3.05, 3.63) is 35.4 Å². The summed E-state index contributed by atoms with van der Waals surface area (Å²) in [6.45, 7) is 1.14. The van der Waals surface area contributed by atoms with Gasteiger partial charge in [0, 0.05) is 6.61 Å². The fraction of sp³-hybridized carbons (Fsp3) is 0.357. The van der Waals surface area contributed by atoms with Gasteiger partial charge in [-0.15, -0.1) is 0 Å². The predicted octanol–water partition coefficient (Wildman–Crippen LogP) is 1.17. The zero-order valence-corrected chi connectivity index (χ0v) is 10.7. The van der Waals surface area contributed by atoms with E-state index in [9.17, 15) is 14.4 Å². The second-order valence-corrected chi connectivity index (χ2v) is 4.85. The first-order valence-corrected chi connectivity index (χ1v) is 6.43. The van der Waals surface area contributed by atoms with Gasteiger partial charge in [-0.1, -0.05) is 17.2 Å². The number of carbonyl (C=O) groups excluding carboxylic acids is 3. The van der Waals surface area contributed by atoms with Gasteiger partial charge in [0.1, 0.15) is 0 Å². The molecule has 1 aromatic rings. The minimum absolute atomic E-state index is 0.0951. The highest BCUT2D eigenvalue weighted by Crippen LogP contribution is 2.24. The summed E-state index contributed by atoms with van der Waals surface area (Å²) in [5.41, 5.74) is 0.518. The Balaban J connectivity index is 1.68. The van der Waals surface area contributed by atoms with Crippen molar-refractivity contribution in [3.63, 3.8) is 0 Å². The van der Waals surface area contributed by atoms with Crippen LogP contribution in [0, 0.1) is 5.92 Å². The molecule has 6 nitrogen and oxygen atoms in total. The lowest BCUT2D eigenvalue weighted by molar-refractivity contribution is -0.169. The number of nitrogens with zero attached hydrogens (tertiary/aromatic N) is 1. The number of ether oxygens (including phenoxy) is 1. The van der Waals surface area contributed by atoms with Crippen LogP contribution in [-0.2, 0) is 14.4 Å². The maximum atomic E-state index is 12.0. The molecule has 1 atom stereocenters. The summed E-state index contributed by atoms with van der Waals surface area (Å²) in [6, 6.07) is 6.39. The smallest absolute Gasteiger partial charge is 0.333 e. The van der Waals surface area contributed by atoms with Crippen LogP contribution in [0.15, 0.2) is 24.3 Å². The first-order valence-electron chi connectivity index (χ1n) is 6.43. The molecule has 2 amide bonds. The van der Waals surface area contributed by atoms with Crippen LogP contribution in [0.3, 0.4) is 0 Å². The number of hydrogen-bond acceptors (Lipinski definition) is 5. The molecule has 0 aliphatic carbocycles. The lowest BCUT2D eigenvalue weighted by atomic mass is 10.1. The normalized spacial score (nSPS) is 21.2. The maximum absolute atomic E-state index is 12.0. The molecule has 0 saturated carbocycles. The Morgan fingerprint density at radius 1 is 1.25 bits per heavy atom. The average molecular weight is 275 g/mol. The second kappa shape index (κ2) is 5.05. The van der Waals surface area contributed by atoms with Gasteiger partial charge in [0.2, 0.25) is 0 Å². The standard InChI is InChI=1S/C14H13NO5/c16-12(7-9-5-6-19-8-9)20-15-13(17)10-3-1-2-4-11(10)14(15)18/h1-4,9H,5-8H2. The maximum Gasteiger partial charge on any atom is 0.333 e. The van der Waals surface area contributed by atoms with Crippen molar-refractivity contribution in [2.45, 2.75) is 12.8 Å². The van der Waals surface area contributed by atoms with E-state index in [1.54, 1.807) is 12.1 Å². The summed E-state index contributed by atoms with van der Waals surface area (Å²) >= 11 is 0. The molecular weight excluding hydrogens is 262 g/mol. The lowest BCUT2D eigenvalue weighted by Gasteiger charge is -2.14. The zero-order chi connectivity index (χ0) is 14.1. The molecule has 1 fully saturated rings. The summed E-state index contributed by atoms with van der Waals surface area (Å²) in [7, 11) is 0. The molecule has 2 aliphatic heterocycles. The van der Waals surface area contributed by atoms with Crippen LogP contribution in [0.25, 0.3) is 0 Å². The lowest BCUT2D eigenvalue weighted by Crippen LogP contribution is -2.33. The number of fused-ring (bicyclic) bond motifs is 1. The van der Waals surface area contributed by atoms with Crippen molar-refractivity contribution in [2.24, 2.45) is 5.92 Å². The number of imide groups is 1. The highest BCUT2D eigenvalue weighted by atomic mass is 16.7. The summed E-state index contributed by atoms with van der Waals surface area (Å²) in [6.07, 6.45) is 0.935. The molecule has 104 valence electrons. The molecule has 20 heavy (non-hydrogen) atoms. The molecule has 0 aromatic heterocycles. The van der Waals surface area contributed by atoms with Crippen molar-refractivity contribution >= 4 is 17.8 Å². The van der Waals surface area contributed by atoms with E-state index in [4.69, 9.17) is 9.57 Å². The number of carbonyl (C=O) groups is 3. The van der Waals surface area contributed by atoms with Crippen LogP contribution in [0.1, 0.15) is 33.6 Å². The van der Waals surface area contributed by atoms with Gasteiger partial charge < -0.3 is 9.57 Å². The topological polar surface area (TPSA) is 72.9 Å². The first-order chi connectivity index (χ1) is 9.66. The third-order valence-corrected chi connectivity index (χ3v) is 3.43. The third-order valence-electron chi connectivity index (χ3n) is 3.43. The van der Waals surface area contributed by atoms with E-state index in [0.717, 1.165) is 6.42 Å². The fourth-order valence-corrected chi connectivity index (χ4v) is 2.37. The van der Waals surface area contributed by atoms with Gasteiger partial charge in [-0.2, -0.15) is 0 Å². The Labute approximate surface area is 115 Å². The Morgan fingerprint density at radius 2 is 1.90 bits per heavy atom. The van der Waals surface area contributed by atoms with Gasteiger partial charge in [0.25, 0.3) is 11.8 Å². The van der Waals surface area contributed by atoms with Gasteiger partial charge in [0.05, 0.1) is 24.2 Å². The zero-order valence-electron chi connectivity index (χ0n) is 10.7. The van der Waals surface area contributed by atoms with Gasteiger partial charge in [-0.3, -0.25) is 9.59 Å². The van der Waals surface area contributed by atoms with Crippen molar-refractivity contribution in [2.75, 3.05) is 13.2 Å². The molecule has 6 heteroatoms. The quantitative estimate of drug-likeness (QED) is 0.774. The molecule has 3 rings (SSSR count). The summed E-state index contributed by atoms with van der Waals surface area (Å²) in [5.74, 6) is -1.68. The van der Waals surface area contributed by atoms with E-state index in [2.05, 4.69) is 0 Å². The van der Waals surface area contributed by atoms with Crippen LogP contribution in [0.5, 0.6) is 0 Å². The fourth-order valence-electron chi connectivity index (χ4n) is 2.37. The minimum Gasteiger partial charge on any atom is -0.381 e. The molecular formula is C14H13NO5. The van der Waals surface area contributed by atoms with Crippen molar-refractivity contribution < 1.29 is 24.0 Å². The molecule has 0 bridgehead atoms. The van der Waals surface area contributed by atoms with Gasteiger partial charge in [-0.05, 0) is 24.5 Å². The van der Waals surface area contributed by atoms with E-state index in [1.807, 2.05) is 0 Å². The van der Waals surface area contributed by atoms with E-state index >= 15 is 0 Å². The van der Waals surface area contributed by atoms with Crippen molar-refractivity contribution in [1.82, 2.24) is 5.06 Å². The first kappa shape index (κ1) is 12.8. The molecule has 1 unspecified atom stereocenters. The van der Waals surface area contributed by atoms with Crippen LogP contribution in [0.2, 0.25) is 0 Å². The molecule has 1 aromatic carbocycles. The van der Waals surface area contributed by atoms with Gasteiger partial charge in [0.15, 0.2) is 0 Å². The van der Waals surface area contributed by atoms with E-state index in [-0.39, 0.29) is 23.5 Å². The third kappa shape index (κ3) is 2.18. The number of hydroxylamine groups is 2. The predicted molar refractivity (Wildman–Crippen MR) is 66.6 cm³/mol. The van der Waals surface area contributed by atoms with E-state index in [0.29, 0.717) is 18.3 Å². The Hall–Kier alpha value is -2.21. The molecule has 1 saturated heterocycles. The second-order valence-electron chi connectivity index (χ2n) is 4.85. The van der Waals surface area contributed by atoms with Crippen LogP contribution >= 0.6 is 0 Å². The van der Waals surface area contributed by atoms with Crippen molar-refractivity contribution in [3.8, 4) is 0 Å². The molecule has 0 N–H and O–H groups in total. The van der Waals surface area contributed by atoms with Crippen LogP contribution in [0.4, 0.5) is 0 Å². The minimum atomic E-state index is -0.596. The highest BCUT2D eigenvalue weighted by Gasteiger charge is 2.38. The SMILES string of the molecule is O=C(CC1CCOC1)ON1C(=O)c2ccccc2C1=O. The summed E-state index contributed by atoms with van der Waals surface area (Å²) < 4.78 is 5.17. The van der Waals surface area contributed by atoms with Gasteiger partial charge in [-0.25, -0.2) is 4.79 Å². The van der Waals surface area contributed by atoms with Crippen LogP contribution < -0.4 is 0 Å².